The zero-order valence-corrected chi connectivity index (χ0v) is 8.55. The SMILES string of the molecule is CO[C@@H]1COC[C@H]1Oc1ncccc1N. The van der Waals surface area contributed by atoms with Crippen molar-refractivity contribution >= 4 is 5.69 Å². The lowest BCUT2D eigenvalue weighted by atomic mass is 10.2. The number of ether oxygens (including phenoxy) is 3. The van der Waals surface area contributed by atoms with Crippen molar-refractivity contribution in [2.24, 2.45) is 0 Å². The molecule has 1 aliphatic heterocycles. The highest BCUT2D eigenvalue weighted by Crippen LogP contribution is 2.21. The number of nitrogen functional groups attached to an aromatic ring is 1. The van der Waals surface area contributed by atoms with Gasteiger partial charge >= 0.3 is 0 Å². The molecule has 0 radical (unpaired) electrons. The number of aromatic nitrogens is 1. The summed E-state index contributed by atoms with van der Waals surface area (Å²) in [5.74, 6) is 0.440. The van der Waals surface area contributed by atoms with E-state index in [1.807, 2.05) is 0 Å². The van der Waals surface area contributed by atoms with Crippen LogP contribution in [0.25, 0.3) is 0 Å². The second-order valence-electron chi connectivity index (χ2n) is 3.37. The van der Waals surface area contributed by atoms with Crippen molar-refractivity contribution in [1.29, 1.82) is 0 Å². The maximum atomic E-state index is 5.72. The molecule has 5 heteroatoms. The van der Waals surface area contributed by atoms with Gasteiger partial charge in [0.15, 0.2) is 6.10 Å². The smallest absolute Gasteiger partial charge is 0.237 e. The Hall–Kier alpha value is -1.33. The monoisotopic (exact) mass is 210 g/mol. The number of pyridine rings is 1. The lowest BCUT2D eigenvalue weighted by molar-refractivity contribution is 0.0311. The molecular formula is C10H14N2O3. The molecule has 1 fully saturated rings. The van der Waals surface area contributed by atoms with Gasteiger partial charge in [0.25, 0.3) is 0 Å². The Bertz CT molecular complexity index is 332. The number of methoxy groups -OCH3 is 1. The maximum Gasteiger partial charge on any atom is 0.237 e. The van der Waals surface area contributed by atoms with E-state index in [2.05, 4.69) is 4.98 Å². The van der Waals surface area contributed by atoms with Crippen LogP contribution in [-0.2, 0) is 9.47 Å². The number of rotatable bonds is 3. The minimum Gasteiger partial charge on any atom is -0.468 e. The fraction of sp³-hybridized carbons (Fsp3) is 0.500. The first-order valence-corrected chi connectivity index (χ1v) is 4.79. The van der Waals surface area contributed by atoms with Gasteiger partial charge in [-0.25, -0.2) is 4.98 Å². The van der Waals surface area contributed by atoms with Gasteiger partial charge < -0.3 is 19.9 Å². The minimum atomic E-state index is -0.132. The second kappa shape index (κ2) is 4.46. The van der Waals surface area contributed by atoms with Crippen LogP contribution in [0.2, 0.25) is 0 Å². The summed E-state index contributed by atoms with van der Waals surface area (Å²) in [4.78, 5) is 4.05. The lowest BCUT2D eigenvalue weighted by Gasteiger charge is -2.17. The molecule has 2 heterocycles. The molecule has 0 unspecified atom stereocenters. The lowest BCUT2D eigenvalue weighted by Crippen LogP contribution is -2.32. The second-order valence-corrected chi connectivity index (χ2v) is 3.37. The molecule has 0 aromatic carbocycles. The minimum absolute atomic E-state index is 0.0496. The number of hydrogen-bond donors (Lipinski definition) is 1. The molecular weight excluding hydrogens is 196 g/mol. The van der Waals surface area contributed by atoms with Crippen LogP contribution in [0.4, 0.5) is 5.69 Å². The van der Waals surface area contributed by atoms with Crippen molar-refractivity contribution in [3.8, 4) is 5.88 Å². The molecule has 15 heavy (non-hydrogen) atoms. The van der Waals surface area contributed by atoms with Crippen LogP contribution in [0.5, 0.6) is 5.88 Å². The summed E-state index contributed by atoms with van der Waals surface area (Å²) in [6.07, 6.45) is 1.46. The van der Waals surface area contributed by atoms with E-state index in [4.69, 9.17) is 19.9 Å². The van der Waals surface area contributed by atoms with Crippen LogP contribution in [-0.4, -0.2) is 37.5 Å². The normalized spacial score (nSPS) is 25.4. The molecule has 0 saturated carbocycles. The van der Waals surface area contributed by atoms with Crippen LogP contribution in [0.15, 0.2) is 18.3 Å². The predicted octanol–water partition coefficient (Wildman–Crippen LogP) is 0.456. The summed E-state index contributed by atoms with van der Waals surface area (Å²) in [7, 11) is 1.64. The number of nitrogens with two attached hydrogens (primary N) is 1. The van der Waals surface area contributed by atoms with E-state index in [1.54, 1.807) is 25.4 Å². The fourth-order valence-electron chi connectivity index (χ4n) is 1.49. The standard InChI is InChI=1S/C10H14N2O3/c1-13-8-5-14-6-9(8)15-10-7(11)3-2-4-12-10/h2-4,8-9H,5-6,11H2,1H3/t8-,9-/m1/s1. The molecule has 0 aliphatic carbocycles. The van der Waals surface area contributed by atoms with Gasteiger partial charge in [-0.2, -0.15) is 0 Å². The third kappa shape index (κ3) is 2.19. The van der Waals surface area contributed by atoms with E-state index >= 15 is 0 Å². The average molecular weight is 210 g/mol. The molecule has 2 rings (SSSR count). The van der Waals surface area contributed by atoms with Gasteiger partial charge in [0.1, 0.15) is 6.10 Å². The molecule has 0 amide bonds. The summed E-state index contributed by atoms with van der Waals surface area (Å²) in [5, 5.41) is 0. The third-order valence-corrected chi connectivity index (χ3v) is 2.35. The average Bonchev–Trinajstić information content (AvgIpc) is 2.69. The summed E-state index contributed by atoms with van der Waals surface area (Å²) in [6.45, 7) is 1.06. The van der Waals surface area contributed by atoms with E-state index in [0.29, 0.717) is 24.8 Å². The topological polar surface area (TPSA) is 66.6 Å². The molecule has 1 saturated heterocycles. The first kappa shape index (κ1) is 10.2. The van der Waals surface area contributed by atoms with Crippen LogP contribution in [0.1, 0.15) is 0 Å². The van der Waals surface area contributed by atoms with Gasteiger partial charge in [0, 0.05) is 13.3 Å². The van der Waals surface area contributed by atoms with Crippen LogP contribution >= 0.6 is 0 Å². The molecule has 1 aliphatic rings. The summed E-state index contributed by atoms with van der Waals surface area (Å²) in [5.41, 5.74) is 6.24. The van der Waals surface area contributed by atoms with Gasteiger partial charge in [0.2, 0.25) is 5.88 Å². The van der Waals surface area contributed by atoms with E-state index in [-0.39, 0.29) is 12.2 Å². The zero-order chi connectivity index (χ0) is 10.7. The van der Waals surface area contributed by atoms with Crippen molar-refractivity contribution < 1.29 is 14.2 Å². The Morgan fingerprint density at radius 1 is 1.47 bits per heavy atom. The number of hydrogen-bond acceptors (Lipinski definition) is 5. The molecule has 5 nitrogen and oxygen atoms in total. The molecule has 2 atom stereocenters. The Morgan fingerprint density at radius 3 is 3.00 bits per heavy atom. The van der Waals surface area contributed by atoms with E-state index in [0.717, 1.165) is 0 Å². The Labute approximate surface area is 88.2 Å². The van der Waals surface area contributed by atoms with Crippen LogP contribution in [0.3, 0.4) is 0 Å². The van der Waals surface area contributed by atoms with E-state index in [9.17, 15) is 0 Å². The summed E-state index contributed by atoms with van der Waals surface area (Å²) < 4.78 is 16.1. The highest BCUT2D eigenvalue weighted by atomic mass is 16.6. The molecule has 82 valence electrons. The molecule has 1 aromatic rings. The number of anilines is 1. The highest BCUT2D eigenvalue weighted by molar-refractivity contribution is 5.47. The van der Waals surface area contributed by atoms with E-state index in [1.165, 1.54) is 0 Å². The fourth-order valence-corrected chi connectivity index (χ4v) is 1.49. The largest absolute Gasteiger partial charge is 0.468 e. The Morgan fingerprint density at radius 2 is 2.27 bits per heavy atom. The summed E-state index contributed by atoms with van der Waals surface area (Å²) >= 11 is 0. The third-order valence-electron chi connectivity index (χ3n) is 2.35. The van der Waals surface area contributed by atoms with Gasteiger partial charge in [-0.15, -0.1) is 0 Å². The van der Waals surface area contributed by atoms with Gasteiger partial charge in [0.05, 0.1) is 18.9 Å². The molecule has 1 aromatic heterocycles. The first-order chi connectivity index (χ1) is 7.31. The van der Waals surface area contributed by atoms with Gasteiger partial charge in [-0.1, -0.05) is 0 Å². The van der Waals surface area contributed by atoms with Crippen molar-refractivity contribution in [2.45, 2.75) is 12.2 Å². The summed E-state index contributed by atoms with van der Waals surface area (Å²) in [6, 6.07) is 3.51. The van der Waals surface area contributed by atoms with Crippen molar-refractivity contribution in [2.75, 3.05) is 26.1 Å². The number of nitrogens with zero attached hydrogens (tertiary/aromatic N) is 1. The predicted molar refractivity (Wildman–Crippen MR) is 54.7 cm³/mol. The zero-order valence-electron chi connectivity index (χ0n) is 8.55. The molecule has 0 bridgehead atoms. The Balaban J connectivity index is 2.05. The maximum absolute atomic E-state index is 5.72. The highest BCUT2D eigenvalue weighted by Gasteiger charge is 2.30. The van der Waals surface area contributed by atoms with Gasteiger partial charge in [-0.3, -0.25) is 0 Å². The van der Waals surface area contributed by atoms with Crippen molar-refractivity contribution in [3.05, 3.63) is 18.3 Å². The van der Waals surface area contributed by atoms with Crippen molar-refractivity contribution in [3.63, 3.8) is 0 Å². The van der Waals surface area contributed by atoms with E-state index < -0.39 is 0 Å². The van der Waals surface area contributed by atoms with Crippen LogP contribution in [0, 0.1) is 0 Å². The Kier molecular flexibility index (Phi) is 3.03. The van der Waals surface area contributed by atoms with Crippen LogP contribution < -0.4 is 10.5 Å². The first-order valence-electron chi connectivity index (χ1n) is 4.79. The van der Waals surface area contributed by atoms with Crippen molar-refractivity contribution in [1.82, 2.24) is 4.98 Å². The molecule has 0 spiro atoms. The van der Waals surface area contributed by atoms with Gasteiger partial charge in [-0.05, 0) is 12.1 Å². The molecule has 2 N–H and O–H groups in total. The quantitative estimate of drug-likeness (QED) is 0.784.